The van der Waals surface area contributed by atoms with Gasteiger partial charge in [-0.1, -0.05) is 23.2 Å². The number of nitrogens with zero attached hydrogens (tertiary/aromatic N) is 4. The molecule has 0 aliphatic carbocycles. The van der Waals surface area contributed by atoms with Gasteiger partial charge in [-0.3, -0.25) is 9.59 Å². The number of carbonyl (C=O) groups excluding carboxylic acids is 2. The number of thioether (sulfide) groups is 1. The van der Waals surface area contributed by atoms with E-state index in [0.29, 0.717) is 30.1 Å². The molecule has 3 rings (SSSR count). The number of likely N-dealkylation sites (tertiary alicyclic amines) is 1. The summed E-state index contributed by atoms with van der Waals surface area (Å²) in [6, 6.07) is 4.35. The Kier molecular flexibility index (Phi) is 7.80. The average Bonchev–Trinajstić information content (AvgIpc) is 3.25. The molecule has 7 nitrogen and oxygen atoms in total. The van der Waals surface area contributed by atoms with Crippen molar-refractivity contribution in [1.29, 1.82) is 0 Å². The van der Waals surface area contributed by atoms with Crippen LogP contribution in [0.4, 0.5) is 0 Å². The first-order valence-corrected chi connectivity index (χ1v) is 11.5. The highest BCUT2D eigenvalue weighted by Gasteiger charge is 2.30. The summed E-state index contributed by atoms with van der Waals surface area (Å²) in [6.45, 7) is 1.24. The molecule has 1 aromatic carbocycles. The summed E-state index contributed by atoms with van der Waals surface area (Å²) in [7, 11) is 0. The predicted octanol–water partition coefficient (Wildman–Crippen LogP) is 3.30. The standard InChI is InChI=1S/C19H23Cl2N5O2S/c1-29-9-6-17(24-18(27)15-3-2-13(20)10-16(15)21)19(28)25-7-4-14(5-8-25)26-12-22-11-23-26/h2-3,10-12,14,17H,4-9H2,1H3,(H,24,27). The molecule has 156 valence electrons. The van der Waals surface area contributed by atoms with E-state index in [9.17, 15) is 9.59 Å². The van der Waals surface area contributed by atoms with Crippen LogP contribution < -0.4 is 5.32 Å². The maximum Gasteiger partial charge on any atom is 0.253 e. The Morgan fingerprint density at radius 2 is 2.07 bits per heavy atom. The van der Waals surface area contributed by atoms with Gasteiger partial charge in [0.1, 0.15) is 18.7 Å². The van der Waals surface area contributed by atoms with E-state index in [2.05, 4.69) is 15.4 Å². The number of amides is 2. The summed E-state index contributed by atoms with van der Waals surface area (Å²) in [4.78, 5) is 31.6. The van der Waals surface area contributed by atoms with Crippen LogP contribution in [-0.2, 0) is 4.79 Å². The van der Waals surface area contributed by atoms with E-state index in [-0.39, 0.29) is 22.9 Å². The van der Waals surface area contributed by atoms with E-state index in [1.165, 1.54) is 12.4 Å². The first-order chi connectivity index (χ1) is 14.0. The van der Waals surface area contributed by atoms with Gasteiger partial charge in [0.15, 0.2) is 0 Å². The minimum absolute atomic E-state index is 0.0606. The Morgan fingerprint density at radius 1 is 1.31 bits per heavy atom. The third-order valence-corrected chi connectivity index (χ3v) is 6.17. The maximum absolute atomic E-state index is 13.1. The average molecular weight is 456 g/mol. The number of nitrogens with one attached hydrogen (secondary N) is 1. The third kappa shape index (κ3) is 5.65. The van der Waals surface area contributed by atoms with Crippen molar-refractivity contribution in [3.05, 3.63) is 46.5 Å². The molecule has 29 heavy (non-hydrogen) atoms. The van der Waals surface area contributed by atoms with Gasteiger partial charge in [0, 0.05) is 18.1 Å². The van der Waals surface area contributed by atoms with Gasteiger partial charge in [-0.05, 0) is 49.5 Å². The van der Waals surface area contributed by atoms with Crippen molar-refractivity contribution in [2.45, 2.75) is 31.3 Å². The molecule has 2 amide bonds. The van der Waals surface area contributed by atoms with Gasteiger partial charge < -0.3 is 10.2 Å². The fourth-order valence-corrected chi connectivity index (χ4v) is 4.35. The molecule has 1 N–H and O–H groups in total. The molecule has 1 unspecified atom stereocenters. The Balaban J connectivity index is 1.64. The van der Waals surface area contributed by atoms with Gasteiger partial charge in [-0.25, -0.2) is 9.67 Å². The van der Waals surface area contributed by atoms with Gasteiger partial charge in [0.05, 0.1) is 16.6 Å². The number of aromatic nitrogens is 3. The van der Waals surface area contributed by atoms with E-state index in [1.807, 2.05) is 15.8 Å². The second-order valence-electron chi connectivity index (χ2n) is 6.86. The van der Waals surface area contributed by atoms with Crippen molar-refractivity contribution >= 4 is 46.8 Å². The molecular formula is C19H23Cl2N5O2S. The van der Waals surface area contributed by atoms with Crippen LogP contribution in [0.15, 0.2) is 30.9 Å². The summed E-state index contributed by atoms with van der Waals surface area (Å²) < 4.78 is 1.84. The summed E-state index contributed by atoms with van der Waals surface area (Å²) in [5.74, 6) is 0.332. The highest BCUT2D eigenvalue weighted by molar-refractivity contribution is 7.98. The molecule has 1 atom stereocenters. The van der Waals surface area contributed by atoms with Gasteiger partial charge >= 0.3 is 0 Å². The minimum atomic E-state index is -0.593. The molecule has 0 spiro atoms. The second kappa shape index (κ2) is 10.3. The fourth-order valence-electron chi connectivity index (χ4n) is 3.38. The van der Waals surface area contributed by atoms with Crippen LogP contribution in [0.5, 0.6) is 0 Å². The van der Waals surface area contributed by atoms with E-state index in [1.54, 1.807) is 30.2 Å². The molecule has 1 aliphatic heterocycles. The molecule has 0 saturated carbocycles. The first-order valence-electron chi connectivity index (χ1n) is 9.37. The number of piperidine rings is 1. The second-order valence-corrected chi connectivity index (χ2v) is 8.69. The number of halogens is 2. The lowest BCUT2D eigenvalue weighted by Crippen LogP contribution is -2.51. The Labute approximate surface area is 184 Å². The first kappa shape index (κ1) is 21.9. The minimum Gasteiger partial charge on any atom is -0.341 e. The molecule has 2 aromatic rings. The van der Waals surface area contributed by atoms with Crippen LogP contribution >= 0.6 is 35.0 Å². The van der Waals surface area contributed by atoms with Gasteiger partial charge in [0.2, 0.25) is 5.91 Å². The zero-order chi connectivity index (χ0) is 20.8. The number of carbonyl (C=O) groups is 2. The lowest BCUT2D eigenvalue weighted by molar-refractivity contribution is -0.134. The van der Waals surface area contributed by atoms with Crippen LogP contribution in [0.2, 0.25) is 10.0 Å². The number of benzene rings is 1. The quantitative estimate of drug-likeness (QED) is 0.692. The molecule has 1 aliphatic rings. The van der Waals surface area contributed by atoms with Crippen LogP contribution in [0, 0.1) is 0 Å². The maximum atomic E-state index is 13.1. The van der Waals surface area contributed by atoms with Crippen molar-refractivity contribution in [3.8, 4) is 0 Å². The molecular weight excluding hydrogens is 433 g/mol. The largest absolute Gasteiger partial charge is 0.341 e. The molecule has 0 bridgehead atoms. The molecule has 2 heterocycles. The summed E-state index contributed by atoms with van der Waals surface area (Å²) in [5.41, 5.74) is 0.308. The Bertz CT molecular complexity index is 841. The van der Waals surface area contributed by atoms with Gasteiger partial charge in [-0.2, -0.15) is 16.9 Å². The number of rotatable bonds is 7. The topological polar surface area (TPSA) is 80.1 Å². The molecule has 0 radical (unpaired) electrons. The van der Waals surface area contributed by atoms with Crippen LogP contribution in [-0.4, -0.2) is 62.6 Å². The van der Waals surface area contributed by atoms with Crippen LogP contribution in [0.25, 0.3) is 0 Å². The van der Waals surface area contributed by atoms with E-state index < -0.39 is 6.04 Å². The zero-order valence-electron chi connectivity index (χ0n) is 16.1. The zero-order valence-corrected chi connectivity index (χ0v) is 18.4. The summed E-state index contributed by atoms with van der Waals surface area (Å²) in [6.07, 6.45) is 7.37. The monoisotopic (exact) mass is 455 g/mol. The Morgan fingerprint density at radius 3 is 2.69 bits per heavy atom. The lowest BCUT2D eigenvalue weighted by Gasteiger charge is -2.34. The smallest absolute Gasteiger partial charge is 0.253 e. The Hall–Kier alpha value is -1.77. The highest BCUT2D eigenvalue weighted by Crippen LogP contribution is 2.23. The number of hydrogen-bond acceptors (Lipinski definition) is 5. The lowest BCUT2D eigenvalue weighted by atomic mass is 10.0. The van der Waals surface area contributed by atoms with E-state index in [0.717, 1.165) is 18.6 Å². The van der Waals surface area contributed by atoms with Gasteiger partial charge in [0.25, 0.3) is 5.91 Å². The molecule has 1 fully saturated rings. The SMILES string of the molecule is CSCCC(NC(=O)c1ccc(Cl)cc1Cl)C(=O)N1CCC(n2cncn2)CC1. The van der Waals surface area contributed by atoms with Crippen molar-refractivity contribution in [3.63, 3.8) is 0 Å². The third-order valence-electron chi connectivity index (χ3n) is 4.98. The predicted molar refractivity (Wildman–Crippen MR) is 116 cm³/mol. The number of hydrogen-bond donors (Lipinski definition) is 1. The van der Waals surface area contributed by atoms with Crippen LogP contribution in [0.1, 0.15) is 35.7 Å². The van der Waals surface area contributed by atoms with Crippen LogP contribution in [0.3, 0.4) is 0 Å². The van der Waals surface area contributed by atoms with Crippen molar-refractivity contribution < 1.29 is 9.59 Å². The molecule has 1 saturated heterocycles. The van der Waals surface area contributed by atoms with Crippen molar-refractivity contribution in [2.75, 3.05) is 25.1 Å². The van der Waals surface area contributed by atoms with Crippen molar-refractivity contribution in [2.24, 2.45) is 0 Å². The van der Waals surface area contributed by atoms with E-state index in [4.69, 9.17) is 23.2 Å². The fraction of sp³-hybridized carbons (Fsp3) is 0.474. The summed E-state index contributed by atoms with van der Waals surface area (Å²) in [5, 5.41) is 7.78. The van der Waals surface area contributed by atoms with E-state index >= 15 is 0 Å². The highest BCUT2D eigenvalue weighted by atomic mass is 35.5. The molecule has 1 aromatic heterocycles. The van der Waals surface area contributed by atoms with Crippen molar-refractivity contribution in [1.82, 2.24) is 25.0 Å². The molecule has 10 heteroatoms. The normalized spacial score (nSPS) is 15.9. The summed E-state index contributed by atoms with van der Waals surface area (Å²) >= 11 is 13.7. The van der Waals surface area contributed by atoms with Gasteiger partial charge in [-0.15, -0.1) is 0 Å².